The van der Waals surface area contributed by atoms with Crippen LogP contribution in [0.4, 0.5) is 5.82 Å². The largest absolute Gasteiger partial charge is 0.481 e. The molecule has 0 saturated heterocycles. The van der Waals surface area contributed by atoms with Gasteiger partial charge in [0, 0.05) is 5.69 Å². The molecule has 0 bridgehead atoms. The van der Waals surface area contributed by atoms with Gasteiger partial charge in [0.15, 0.2) is 6.10 Å². The van der Waals surface area contributed by atoms with Gasteiger partial charge in [0.05, 0.1) is 0 Å². The van der Waals surface area contributed by atoms with Gasteiger partial charge in [-0.3, -0.25) is 4.79 Å². The van der Waals surface area contributed by atoms with E-state index in [9.17, 15) is 4.79 Å². The molecular weight excluding hydrogens is 252 g/mol. The summed E-state index contributed by atoms with van der Waals surface area (Å²) in [6.07, 6.45) is -0.585. The van der Waals surface area contributed by atoms with E-state index in [1.807, 2.05) is 50.2 Å². The number of rotatable bonds is 4. The number of aryl methyl sites for hydroxylation is 2. The number of amides is 1. The molecule has 104 valence electrons. The first-order valence-electron chi connectivity index (χ1n) is 6.53. The number of nitrogens with zero attached hydrogens (tertiary/aromatic N) is 1. The van der Waals surface area contributed by atoms with Crippen molar-refractivity contribution >= 4 is 11.7 Å². The molecule has 4 heteroatoms. The fourth-order valence-electron chi connectivity index (χ4n) is 1.77. The fourth-order valence-corrected chi connectivity index (χ4v) is 1.77. The lowest BCUT2D eigenvalue weighted by molar-refractivity contribution is -0.122. The molecule has 1 aromatic carbocycles. The third-order valence-corrected chi connectivity index (χ3v) is 2.91. The Bertz CT molecular complexity index is 611. The van der Waals surface area contributed by atoms with E-state index in [1.54, 1.807) is 13.0 Å². The Labute approximate surface area is 118 Å². The molecule has 0 spiro atoms. The molecule has 0 aliphatic rings. The summed E-state index contributed by atoms with van der Waals surface area (Å²) in [4.78, 5) is 16.3. The predicted octanol–water partition coefficient (Wildman–Crippen LogP) is 3.10. The van der Waals surface area contributed by atoms with Crippen molar-refractivity contribution in [1.82, 2.24) is 4.98 Å². The smallest absolute Gasteiger partial charge is 0.266 e. The lowest BCUT2D eigenvalue weighted by Crippen LogP contribution is -2.30. The molecule has 0 aliphatic heterocycles. The minimum atomic E-state index is -0.585. The predicted molar refractivity (Wildman–Crippen MR) is 78.9 cm³/mol. The van der Waals surface area contributed by atoms with Crippen molar-refractivity contribution in [3.05, 3.63) is 53.7 Å². The van der Waals surface area contributed by atoms with E-state index in [4.69, 9.17) is 4.74 Å². The van der Waals surface area contributed by atoms with Crippen LogP contribution in [0.2, 0.25) is 0 Å². The van der Waals surface area contributed by atoms with Crippen LogP contribution in [0, 0.1) is 13.8 Å². The second-order valence-corrected chi connectivity index (χ2v) is 4.68. The first-order valence-corrected chi connectivity index (χ1v) is 6.53. The van der Waals surface area contributed by atoms with Gasteiger partial charge in [-0.25, -0.2) is 4.98 Å². The lowest BCUT2D eigenvalue weighted by atomic mass is 10.2. The zero-order valence-electron chi connectivity index (χ0n) is 11.9. The molecule has 4 nitrogen and oxygen atoms in total. The summed E-state index contributed by atoms with van der Waals surface area (Å²) in [5, 5.41) is 2.75. The van der Waals surface area contributed by atoms with Crippen molar-refractivity contribution in [2.45, 2.75) is 26.9 Å². The first kappa shape index (κ1) is 14.1. The number of pyridine rings is 1. The van der Waals surface area contributed by atoms with Gasteiger partial charge in [-0.15, -0.1) is 0 Å². The molecule has 20 heavy (non-hydrogen) atoms. The minimum absolute atomic E-state index is 0.216. The highest BCUT2D eigenvalue weighted by Crippen LogP contribution is 2.18. The molecule has 1 N–H and O–H groups in total. The van der Waals surface area contributed by atoms with Crippen molar-refractivity contribution in [3.8, 4) is 5.75 Å². The highest BCUT2D eigenvalue weighted by molar-refractivity contribution is 5.93. The maximum Gasteiger partial charge on any atom is 0.266 e. The molecule has 0 radical (unpaired) electrons. The highest BCUT2D eigenvalue weighted by atomic mass is 16.5. The summed E-state index contributed by atoms with van der Waals surface area (Å²) in [6.45, 7) is 5.54. The number of nitrogens with one attached hydrogen (secondary N) is 1. The van der Waals surface area contributed by atoms with Gasteiger partial charge in [-0.05, 0) is 44.5 Å². The molecule has 1 heterocycles. The summed E-state index contributed by atoms with van der Waals surface area (Å²) in [5.41, 5.74) is 1.86. The molecule has 1 aromatic heterocycles. The number of hydrogen-bond donors (Lipinski definition) is 1. The van der Waals surface area contributed by atoms with E-state index in [0.717, 1.165) is 11.3 Å². The Kier molecular flexibility index (Phi) is 4.35. The van der Waals surface area contributed by atoms with Crippen LogP contribution in [0.15, 0.2) is 42.5 Å². The van der Waals surface area contributed by atoms with Crippen molar-refractivity contribution in [2.24, 2.45) is 0 Å². The van der Waals surface area contributed by atoms with E-state index >= 15 is 0 Å². The normalized spacial score (nSPS) is 11.8. The van der Waals surface area contributed by atoms with Crippen LogP contribution in [0.25, 0.3) is 0 Å². The Hall–Kier alpha value is -2.36. The number of ether oxygens (including phenoxy) is 1. The summed E-state index contributed by atoms with van der Waals surface area (Å²) in [6, 6.07) is 13.1. The van der Waals surface area contributed by atoms with Gasteiger partial charge in [0.2, 0.25) is 0 Å². The SMILES string of the molecule is Cc1cccc(NC(=O)[C@@H](C)Oc2ccccc2C)n1. The van der Waals surface area contributed by atoms with Crippen LogP contribution in [-0.2, 0) is 4.79 Å². The monoisotopic (exact) mass is 270 g/mol. The van der Waals surface area contributed by atoms with Crippen LogP contribution in [0.1, 0.15) is 18.2 Å². The number of para-hydroxylation sites is 1. The molecule has 2 aromatic rings. The standard InChI is InChI=1S/C16H18N2O2/c1-11-7-4-5-9-14(11)20-13(3)16(19)18-15-10-6-8-12(2)17-15/h4-10,13H,1-3H3,(H,17,18,19)/t13-/m1/s1. The van der Waals surface area contributed by atoms with E-state index in [2.05, 4.69) is 10.3 Å². The Balaban J connectivity index is 2.01. The molecule has 2 rings (SSSR count). The molecule has 0 unspecified atom stereocenters. The molecule has 1 amide bonds. The molecule has 0 aliphatic carbocycles. The molecule has 0 fully saturated rings. The zero-order valence-corrected chi connectivity index (χ0v) is 11.9. The number of aromatic nitrogens is 1. The van der Waals surface area contributed by atoms with Crippen molar-refractivity contribution in [1.29, 1.82) is 0 Å². The zero-order chi connectivity index (χ0) is 14.5. The Morgan fingerprint density at radius 2 is 1.90 bits per heavy atom. The minimum Gasteiger partial charge on any atom is -0.481 e. The third-order valence-electron chi connectivity index (χ3n) is 2.91. The van der Waals surface area contributed by atoms with Crippen molar-refractivity contribution < 1.29 is 9.53 Å². The first-order chi connectivity index (χ1) is 9.56. The number of carbonyl (C=O) groups is 1. The Morgan fingerprint density at radius 3 is 2.60 bits per heavy atom. The topological polar surface area (TPSA) is 51.2 Å². The highest BCUT2D eigenvalue weighted by Gasteiger charge is 2.16. The van der Waals surface area contributed by atoms with Gasteiger partial charge in [0.1, 0.15) is 11.6 Å². The number of hydrogen-bond acceptors (Lipinski definition) is 3. The number of anilines is 1. The number of benzene rings is 1. The van der Waals surface area contributed by atoms with E-state index < -0.39 is 6.10 Å². The summed E-state index contributed by atoms with van der Waals surface area (Å²) in [5.74, 6) is 1.04. The van der Waals surface area contributed by atoms with Crippen LogP contribution in [-0.4, -0.2) is 17.0 Å². The van der Waals surface area contributed by atoms with Gasteiger partial charge < -0.3 is 10.1 Å². The summed E-state index contributed by atoms with van der Waals surface area (Å²) >= 11 is 0. The van der Waals surface area contributed by atoms with Crippen molar-refractivity contribution in [2.75, 3.05) is 5.32 Å². The second kappa shape index (κ2) is 6.19. The summed E-state index contributed by atoms with van der Waals surface area (Å²) in [7, 11) is 0. The maximum atomic E-state index is 12.1. The van der Waals surface area contributed by atoms with Crippen LogP contribution < -0.4 is 10.1 Å². The second-order valence-electron chi connectivity index (χ2n) is 4.68. The number of carbonyl (C=O) groups excluding carboxylic acids is 1. The Morgan fingerprint density at radius 1 is 1.15 bits per heavy atom. The lowest BCUT2D eigenvalue weighted by Gasteiger charge is -2.16. The summed E-state index contributed by atoms with van der Waals surface area (Å²) < 4.78 is 5.67. The molecular formula is C16H18N2O2. The average Bonchev–Trinajstić information content (AvgIpc) is 2.41. The van der Waals surface area contributed by atoms with Crippen LogP contribution >= 0.6 is 0 Å². The molecule has 1 atom stereocenters. The fraction of sp³-hybridized carbons (Fsp3) is 0.250. The van der Waals surface area contributed by atoms with Crippen molar-refractivity contribution in [3.63, 3.8) is 0 Å². The third kappa shape index (κ3) is 3.57. The quantitative estimate of drug-likeness (QED) is 0.928. The van der Waals surface area contributed by atoms with E-state index in [-0.39, 0.29) is 5.91 Å². The molecule has 0 saturated carbocycles. The van der Waals surface area contributed by atoms with E-state index in [1.165, 1.54) is 0 Å². The van der Waals surface area contributed by atoms with Gasteiger partial charge in [0.25, 0.3) is 5.91 Å². The van der Waals surface area contributed by atoms with E-state index in [0.29, 0.717) is 11.6 Å². The van der Waals surface area contributed by atoms with Gasteiger partial charge >= 0.3 is 0 Å². The maximum absolute atomic E-state index is 12.1. The van der Waals surface area contributed by atoms with Crippen LogP contribution in [0.3, 0.4) is 0 Å². The van der Waals surface area contributed by atoms with Crippen LogP contribution in [0.5, 0.6) is 5.75 Å². The average molecular weight is 270 g/mol. The van der Waals surface area contributed by atoms with Gasteiger partial charge in [-0.2, -0.15) is 0 Å². The van der Waals surface area contributed by atoms with Gasteiger partial charge in [-0.1, -0.05) is 24.3 Å².